The summed E-state index contributed by atoms with van der Waals surface area (Å²) < 4.78 is 11.2. The van der Waals surface area contributed by atoms with Gasteiger partial charge in [0.1, 0.15) is 5.75 Å². The van der Waals surface area contributed by atoms with E-state index in [0.717, 1.165) is 47.2 Å². The summed E-state index contributed by atoms with van der Waals surface area (Å²) in [5, 5.41) is 0. The van der Waals surface area contributed by atoms with Gasteiger partial charge in [-0.05, 0) is 123 Å². The van der Waals surface area contributed by atoms with Crippen molar-refractivity contribution < 1.29 is 14.3 Å². The lowest BCUT2D eigenvalue weighted by molar-refractivity contribution is -0.00644. The highest BCUT2D eigenvalue weighted by Crippen LogP contribution is 2.62. The number of esters is 1. The first-order valence-electron chi connectivity index (χ1n) is 12.6. The van der Waals surface area contributed by atoms with Crippen molar-refractivity contribution in [2.45, 2.75) is 56.8 Å². The van der Waals surface area contributed by atoms with Crippen LogP contribution >= 0.6 is 0 Å². The molecule has 5 saturated carbocycles. The quantitative estimate of drug-likeness (QED) is 0.414. The predicted molar refractivity (Wildman–Crippen MR) is 128 cm³/mol. The molecule has 0 aromatic heterocycles. The molecular formula is C30H32O3. The van der Waals surface area contributed by atoms with E-state index in [9.17, 15) is 4.79 Å². The lowest BCUT2D eigenvalue weighted by Gasteiger charge is -2.57. The van der Waals surface area contributed by atoms with Gasteiger partial charge in [0, 0.05) is 16.7 Å². The van der Waals surface area contributed by atoms with Crippen LogP contribution in [0.3, 0.4) is 0 Å². The zero-order valence-corrected chi connectivity index (χ0v) is 19.4. The van der Waals surface area contributed by atoms with E-state index in [0.29, 0.717) is 5.56 Å². The van der Waals surface area contributed by atoms with Crippen molar-refractivity contribution in [1.29, 1.82) is 0 Å². The van der Waals surface area contributed by atoms with Crippen molar-refractivity contribution >= 4 is 5.97 Å². The molecule has 2 aromatic carbocycles. The van der Waals surface area contributed by atoms with Gasteiger partial charge in [0.15, 0.2) is 0 Å². The molecule has 5 aliphatic rings. The number of benzene rings is 2. The van der Waals surface area contributed by atoms with Gasteiger partial charge in [-0.2, -0.15) is 0 Å². The van der Waals surface area contributed by atoms with E-state index < -0.39 is 0 Å². The molecule has 33 heavy (non-hydrogen) atoms. The third-order valence-corrected chi connectivity index (χ3v) is 8.42. The molecule has 3 nitrogen and oxygen atoms in total. The van der Waals surface area contributed by atoms with Gasteiger partial charge < -0.3 is 9.47 Å². The number of hydrogen-bond acceptors (Lipinski definition) is 3. The molecule has 7 rings (SSSR count). The molecule has 0 aliphatic heterocycles. The fraction of sp³-hybridized carbons (Fsp3) is 0.500. The van der Waals surface area contributed by atoms with E-state index >= 15 is 0 Å². The second kappa shape index (κ2) is 8.24. The fourth-order valence-electron chi connectivity index (χ4n) is 7.03. The number of methoxy groups -OCH3 is 1. The molecule has 0 radical (unpaired) electrons. The minimum absolute atomic E-state index is 0.285. The maximum absolute atomic E-state index is 11.7. The monoisotopic (exact) mass is 440 g/mol. The third-order valence-electron chi connectivity index (χ3n) is 8.42. The first kappa shape index (κ1) is 20.8. The minimum atomic E-state index is -0.323. The first-order valence-corrected chi connectivity index (χ1v) is 12.6. The SMILES string of the molecule is COC(=O)c1ccc(C#Cc2ccc(OCC3CC3)c(C34CC5CC(CC(C5)C3)C4)c2)cc1. The van der Waals surface area contributed by atoms with Crippen LogP contribution in [0.4, 0.5) is 0 Å². The lowest BCUT2D eigenvalue weighted by atomic mass is 9.48. The van der Waals surface area contributed by atoms with Crippen LogP contribution < -0.4 is 4.74 Å². The smallest absolute Gasteiger partial charge is 0.337 e. The van der Waals surface area contributed by atoms with Gasteiger partial charge in [-0.15, -0.1) is 0 Å². The fourth-order valence-corrected chi connectivity index (χ4v) is 7.03. The second-order valence-electron chi connectivity index (χ2n) is 11.0. The molecule has 4 bridgehead atoms. The Morgan fingerprint density at radius 3 is 2.12 bits per heavy atom. The van der Waals surface area contributed by atoms with Crippen LogP contribution in [0.25, 0.3) is 0 Å². The second-order valence-corrected chi connectivity index (χ2v) is 11.0. The van der Waals surface area contributed by atoms with Crippen LogP contribution in [0.1, 0.15) is 78.4 Å². The van der Waals surface area contributed by atoms with Gasteiger partial charge in [-0.3, -0.25) is 0 Å². The highest BCUT2D eigenvalue weighted by molar-refractivity contribution is 5.89. The number of carbonyl (C=O) groups excluding carboxylic acids is 1. The van der Waals surface area contributed by atoms with Crippen molar-refractivity contribution in [1.82, 2.24) is 0 Å². The molecule has 0 heterocycles. The van der Waals surface area contributed by atoms with Crippen molar-refractivity contribution in [3.05, 3.63) is 64.7 Å². The van der Waals surface area contributed by atoms with E-state index in [1.807, 2.05) is 12.1 Å². The molecule has 0 atom stereocenters. The van der Waals surface area contributed by atoms with Crippen LogP contribution in [0, 0.1) is 35.5 Å². The molecule has 5 fully saturated rings. The number of carbonyl (C=O) groups is 1. The van der Waals surface area contributed by atoms with Gasteiger partial charge in [-0.1, -0.05) is 11.8 Å². The number of hydrogen-bond donors (Lipinski definition) is 0. The molecule has 0 amide bonds. The summed E-state index contributed by atoms with van der Waals surface area (Å²) in [4.78, 5) is 11.7. The highest BCUT2D eigenvalue weighted by Gasteiger charge is 2.52. The van der Waals surface area contributed by atoms with E-state index in [1.165, 1.54) is 64.0 Å². The van der Waals surface area contributed by atoms with E-state index in [1.54, 1.807) is 12.1 Å². The third kappa shape index (κ3) is 4.17. The summed E-state index contributed by atoms with van der Waals surface area (Å²) in [5.74, 6) is 10.9. The molecule has 0 N–H and O–H groups in total. The van der Waals surface area contributed by atoms with Gasteiger partial charge >= 0.3 is 5.97 Å². The molecule has 2 aromatic rings. The van der Waals surface area contributed by atoms with E-state index in [-0.39, 0.29) is 11.4 Å². The number of ether oxygens (including phenoxy) is 2. The zero-order chi connectivity index (χ0) is 22.4. The van der Waals surface area contributed by atoms with Gasteiger partial charge in [0.25, 0.3) is 0 Å². The summed E-state index contributed by atoms with van der Waals surface area (Å²) in [6, 6.07) is 13.9. The average molecular weight is 441 g/mol. The zero-order valence-electron chi connectivity index (χ0n) is 19.4. The predicted octanol–water partition coefficient (Wildman–Crippen LogP) is 6.13. The lowest BCUT2D eigenvalue weighted by Crippen LogP contribution is -2.48. The van der Waals surface area contributed by atoms with Crippen molar-refractivity contribution in [2.75, 3.05) is 13.7 Å². The van der Waals surface area contributed by atoms with Gasteiger partial charge in [0.05, 0.1) is 19.3 Å². The summed E-state index contributed by atoms with van der Waals surface area (Å²) >= 11 is 0. The largest absolute Gasteiger partial charge is 0.493 e. The topological polar surface area (TPSA) is 35.5 Å². The molecule has 5 aliphatic carbocycles. The minimum Gasteiger partial charge on any atom is -0.493 e. The first-order chi connectivity index (χ1) is 16.1. The summed E-state index contributed by atoms with van der Waals surface area (Å²) in [6.07, 6.45) is 10.9. The Labute approximate surface area is 196 Å². The summed E-state index contributed by atoms with van der Waals surface area (Å²) in [6.45, 7) is 0.858. The highest BCUT2D eigenvalue weighted by atomic mass is 16.5. The Morgan fingerprint density at radius 1 is 0.909 bits per heavy atom. The molecule has 3 heteroatoms. The normalized spacial score (nSPS) is 29.3. The van der Waals surface area contributed by atoms with Crippen LogP contribution in [0.15, 0.2) is 42.5 Å². The Hall–Kier alpha value is -2.73. The Morgan fingerprint density at radius 2 is 1.52 bits per heavy atom. The molecule has 170 valence electrons. The van der Waals surface area contributed by atoms with E-state index in [2.05, 4.69) is 30.0 Å². The van der Waals surface area contributed by atoms with Crippen molar-refractivity contribution in [2.24, 2.45) is 23.7 Å². The van der Waals surface area contributed by atoms with Crippen LogP contribution in [-0.2, 0) is 10.2 Å². The Bertz CT molecular complexity index is 1080. The van der Waals surface area contributed by atoms with Crippen molar-refractivity contribution in [3.8, 4) is 17.6 Å². The molecular weight excluding hydrogens is 408 g/mol. The molecule has 0 unspecified atom stereocenters. The number of rotatable bonds is 5. The Kier molecular flexibility index (Phi) is 5.21. The maximum Gasteiger partial charge on any atom is 0.337 e. The summed E-state index contributed by atoms with van der Waals surface area (Å²) in [7, 11) is 1.40. The van der Waals surface area contributed by atoms with Gasteiger partial charge in [-0.25, -0.2) is 4.79 Å². The van der Waals surface area contributed by atoms with E-state index in [4.69, 9.17) is 9.47 Å². The summed E-state index contributed by atoms with van der Waals surface area (Å²) in [5.41, 5.74) is 4.21. The maximum atomic E-state index is 11.7. The van der Waals surface area contributed by atoms with Crippen LogP contribution in [0.2, 0.25) is 0 Å². The molecule has 0 spiro atoms. The van der Waals surface area contributed by atoms with Gasteiger partial charge in [0.2, 0.25) is 0 Å². The average Bonchev–Trinajstić information content (AvgIpc) is 3.65. The van der Waals surface area contributed by atoms with Crippen LogP contribution in [-0.4, -0.2) is 19.7 Å². The Balaban J connectivity index is 1.31. The van der Waals surface area contributed by atoms with Crippen molar-refractivity contribution in [3.63, 3.8) is 0 Å². The molecule has 0 saturated heterocycles. The van der Waals surface area contributed by atoms with Crippen LogP contribution in [0.5, 0.6) is 5.75 Å². The standard InChI is InChI=1S/C30H32O3/c1-32-29(31)26-9-6-20(7-10-26)2-3-21-8-11-28(33-19-22-4-5-22)27(15-21)30-16-23-12-24(17-30)14-25(13-23)18-30/h6-11,15,22-25H,4-5,12-14,16-19H2,1H3.